The number of benzene rings is 3. The number of allylic oxidation sites excluding steroid dienone is 2. The molecule has 1 aliphatic carbocycles. The van der Waals surface area contributed by atoms with E-state index in [0.29, 0.717) is 57.4 Å². The number of aliphatic hydroxyl groups excluding tert-OH is 3. The summed E-state index contributed by atoms with van der Waals surface area (Å²) in [5.41, 5.74) is 5.66. The van der Waals surface area contributed by atoms with Gasteiger partial charge >= 0.3 is 5.97 Å². The van der Waals surface area contributed by atoms with E-state index in [4.69, 9.17) is 4.74 Å². The Hall–Kier alpha value is -4.17. The first-order valence-electron chi connectivity index (χ1n) is 21.8. The molecule has 0 amide bonds. The molecular formula is C48H64N4O7S. The first-order valence-corrected chi connectivity index (χ1v) is 22.9. The lowest BCUT2D eigenvalue weighted by atomic mass is 9.85. The van der Waals surface area contributed by atoms with Gasteiger partial charge in [0.2, 0.25) is 10.9 Å². The monoisotopic (exact) mass is 840 g/mol. The van der Waals surface area contributed by atoms with Crippen molar-refractivity contribution in [2.75, 3.05) is 25.0 Å². The number of carbonyl (C=O) groups is 1. The second kappa shape index (κ2) is 22.6. The number of carbonyl (C=O) groups excluding carboxylic acids is 1. The minimum absolute atomic E-state index is 0.0811. The van der Waals surface area contributed by atoms with Crippen LogP contribution in [0.25, 0.3) is 10.8 Å². The third-order valence-corrected chi connectivity index (χ3v) is 13.4. The number of pyridine rings is 1. The van der Waals surface area contributed by atoms with E-state index in [1.165, 1.54) is 20.8 Å². The quantitative estimate of drug-likeness (QED) is 0.0189. The second-order valence-electron chi connectivity index (χ2n) is 16.8. The summed E-state index contributed by atoms with van der Waals surface area (Å²) < 4.78 is 31.5. The summed E-state index contributed by atoms with van der Waals surface area (Å²) in [7, 11) is -2.98. The Kier molecular flexibility index (Phi) is 17.1. The predicted molar refractivity (Wildman–Crippen MR) is 238 cm³/mol. The van der Waals surface area contributed by atoms with Gasteiger partial charge in [0, 0.05) is 67.5 Å². The van der Waals surface area contributed by atoms with E-state index in [9.17, 15) is 28.5 Å². The summed E-state index contributed by atoms with van der Waals surface area (Å²) in [5, 5.41) is 38.0. The van der Waals surface area contributed by atoms with Crippen molar-refractivity contribution < 1.29 is 33.3 Å². The lowest BCUT2D eigenvalue weighted by molar-refractivity contribution is -0.153. The number of anilines is 1. The molecule has 1 unspecified atom stereocenters. The fourth-order valence-corrected chi connectivity index (χ4v) is 9.58. The molecule has 6 rings (SSSR count). The number of likely N-dealkylation sites (tertiary alicyclic amines) is 1. The van der Waals surface area contributed by atoms with Crippen LogP contribution in [0.1, 0.15) is 87.0 Å². The van der Waals surface area contributed by atoms with E-state index >= 15 is 0 Å². The first kappa shape index (κ1) is 45.4. The van der Waals surface area contributed by atoms with Crippen molar-refractivity contribution in [1.82, 2.24) is 14.2 Å². The number of aryl methyl sites for hydroxylation is 2. The van der Waals surface area contributed by atoms with Crippen LogP contribution in [0.4, 0.5) is 5.69 Å². The highest BCUT2D eigenvalue weighted by molar-refractivity contribution is 7.69. The minimum Gasteiger partial charge on any atom is -0.446 e. The Bertz CT molecular complexity index is 2070. The second-order valence-corrected chi connectivity index (χ2v) is 17.8. The fraction of sp³-hybridized carbons (Fsp3) is 0.500. The Balaban J connectivity index is 0.895. The Morgan fingerprint density at radius 2 is 1.82 bits per heavy atom. The van der Waals surface area contributed by atoms with Gasteiger partial charge in [-0.25, -0.2) is 8.42 Å². The Labute approximate surface area is 357 Å². The molecule has 2 aliphatic rings. The lowest BCUT2D eigenvalue weighted by Gasteiger charge is -2.24. The van der Waals surface area contributed by atoms with Crippen LogP contribution in [0.5, 0.6) is 0 Å². The molecule has 1 aromatic heterocycles. The SMILES string of the molecule is Cc1ccc(CN2CC[C@@H](Nc3cccc4cnccc34)C2)cc1CCN(C(C)OC(=O)CCCC=CC[C@@H]1[C@@H](CC[C@@H](O)CCc2ccccc2)[C@H](O)C[C@@H]1O)[SH](=O)=O. The average Bonchev–Trinajstić information content (AvgIpc) is 3.79. The third-order valence-electron chi connectivity index (χ3n) is 12.5. The predicted octanol–water partition coefficient (Wildman–Crippen LogP) is 6.74. The Morgan fingerprint density at radius 3 is 2.63 bits per heavy atom. The van der Waals surface area contributed by atoms with Gasteiger partial charge in [-0.05, 0) is 124 Å². The van der Waals surface area contributed by atoms with E-state index in [2.05, 4.69) is 63.7 Å². The number of nitrogens with zero attached hydrogens (tertiary/aromatic N) is 3. The van der Waals surface area contributed by atoms with E-state index < -0.39 is 41.4 Å². The van der Waals surface area contributed by atoms with Gasteiger partial charge in [0.15, 0.2) is 6.23 Å². The maximum absolute atomic E-state index is 12.8. The van der Waals surface area contributed by atoms with Crippen molar-refractivity contribution in [3.63, 3.8) is 0 Å². The van der Waals surface area contributed by atoms with Crippen molar-refractivity contribution in [3.8, 4) is 0 Å². The number of aliphatic hydroxyl groups is 3. The molecule has 1 saturated carbocycles. The number of nitrogens with one attached hydrogen (secondary N) is 1. The number of fused-ring (bicyclic) bond motifs is 1. The van der Waals surface area contributed by atoms with Gasteiger partial charge < -0.3 is 25.4 Å². The number of hydrogen-bond donors (Lipinski definition) is 5. The normalized spacial score (nSPS) is 21.9. The van der Waals surface area contributed by atoms with Crippen molar-refractivity contribution in [2.24, 2.45) is 11.8 Å². The van der Waals surface area contributed by atoms with Crippen LogP contribution >= 0.6 is 0 Å². The molecule has 0 bridgehead atoms. The summed E-state index contributed by atoms with van der Waals surface area (Å²) in [5.74, 6) is -0.621. The number of unbranched alkanes of at least 4 members (excludes halogenated alkanes) is 1. The standard InChI is InChI=1S/C48H64N4O7S/c1-34-17-18-37(32-51-27-25-40(33-51)50-45-15-10-13-39-31-49-26-23-42(39)45)29-38(34)24-28-52(60(57)58)35(2)59-48(56)16-9-4-3-8-14-43-44(47(55)30-46(43)54)22-21-41(53)20-19-36-11-6-5-7-12-36/h3,5-8,10-13,15,17-18,23,26,29,31,35,40-41,43-44,46-47,50,53-55,60H,4,9,14,16,19-22,24-25,27-28,30,32-33H2,1-2H3/t35?,40-,41+,43-,44-,46+,47-/m1/s1. The van der Waals surface area contributed by atoms with Gasteiger partial charge in [0.05, 0.1) is 18.3 Å². The van der Waals surface area contributed by atoms with Crippen LogP contribution in [-0.2, 0) is 39.8 Å². The van der Waals surface area contributed by atoms with Crippen molar-refractivity contribution >= 4 is 33.3 Å². The van der Waals surface area contributed by atoms with Crippen LogP contribution in [-0.4, -0.2) is 94.1 Å². The van der Waals surface area contributed by atoms with Crippen LogP contribution in [0.3, 0.4) is 0 Å². The molecule has 2 fully saturated rings. The van der Waals surface area contributed by atoms with Crippen LogP contribution < -0.4 is 5.32 Å². The number of aromatic nitrogens is 1. The zero-order chi connectivity index (χ0) is 42.4. The van der Waals surface area contributed by atoms with Crippen LogP contribution in [0.15, 0.2) is 97.3 Å². The summed E-state index contributed by atoms with van der Waals surface area (Å²) in [6.07, 6.45) is 11.6. The summed E-state index contributed by atoms with van der Waals surface area (Å²) >= 11 is 0. The zero-order valence-corrected chi connectivity index (χ0v) is 36.0. The molecular weight excluding hydrogens is 777 g/mol. The topological polar surface area (TPSA) is 153 Å². The molecule has 11 nitrogen and oxygen atoms in total. The molecule has 0 radical (unpaired) electrons. The van der Waals surface area contributed by atoms with Gasteiger partial charge in [0.25, 0.3) is 0 Å². The highest BCUT2D eigenvalue weighted by Crippen LogP contribution is 2.38. The van der Waals surface area contributed by atoms with Gasteiger partial charge in [-0.1, -0.05) is 72.8 Å². The Morgan fingerprint density at radius 1 is 1.00 bits per heavy atom. The van der Waals surface area contributed by atoms with Crippen molar-refractivity contribution in [2.45, 2.75) is 122 Å². The smallest absolute Gasteiger partial charge is 0.307 e. The van der Waals surface area contributed by atoms with E-state index in [1.807, 2.05) is 55.7 Å². The molecule has 3 aromatic carbocycles. The van der Waals surface area contributed by atoms with Crippen LogP contribution in [0, 0.1) is 18.8 Å². The maximum Gasteiger partial charge on any atom is 0.307 e. The van der Waals surface area contributed by atoms with E-state index in [1.54, 1.807) is 6.92 Å². The van der Waals surface area contributed by atoms with E-state index in [-0.39, 0.29) is 24.8 Å². The zero-order valence-electron chi connectivity index (χ0n) is 35.1. The number of rotatable bonds is 22. The lowest BCUT2D eigenvalue weighted by Crippen LogP contribution is -2.37. The van der Waals surface area contributed by atoms with Crippen molar-refractivity contribution in [3.05, 3.63) is 120 Å². The highest BCUT2D eigenvalue weighted by atomic mass is 32.2. The number of ether oxygens (including phenoxy) is 1. The first-order chi connectivity index (χ1) is 29.0. The van der Waals surface area contributed by atoms with E-state index in [0.717, 1.165) is 54.7 Å². The van der Waals surface area contributed by atoms with Gasteiger partial charge in [-0.3, -0.25) is 14.7 Å². The summed E-state index contributed by atoms with van der Waals surface area (Å²) in [6, 6.07) is 25.1. The molecule has 4 N–H and O–H groups in total. The molecule has 7 atom stereocenters. The van der Waals surface area contributed by atoms with Crippen LogP contribution in [0.2, 0.25) is 0 Å². The summed E-state index contributed by atoms with van der Waals surface area (Å²) in [6.45, 7) is 6.54. The van der Waals surface area contributed by atoms with Gasteiger partial charge in [-0.2, -0.15) is 4.31 Å². The maximum atomic E-state index is 12.8. The molecule has 12 heteroatoms. The molecule has 324 valence electrons. The average molecular weight is 841 g/mol. The van der Waals surface area contributed by atoms with Gasteiger partial charge in [0.1, 0.15) is 0 Å². The molecule has 4 aromatic rings. The molecule has 0 spiro atoms. The molecule has 2 heterocycles. The third kappa shape index (κ3) is 13.2. The summed E-state index contributed by atoms with van der Waals surface area (Å²) in [4.78, 5) is 19.5. The highest BCUT2D eigenvalue weighted by Gasteiger charge is 2.40. The van der Waals surface area contributed by atoms with Crippen molar-refractivity contribution in [1.29, 1.82) is 0 Å². The number of thiol groups is 1. The molecule has 60 heavy (non-hydrogen) atoms. The molecule has 1 saturated heterocycles. The minimum atomic E-state index is -2.98. The fourth-order valence-electron chi connectivity index (χ4n) is 9.00. The largest absolute Gasteiger partial charge is 0.446 e. The van der Waals surface area contributed by atoms with Gasteiger partial charge in [-0.15, -0.1) is 0 Å². The number of esters is 1. The molecule has 1 aliphatic heterocycles. The number of hydrogen-bond acceptors (Lipinski definition) is 10.